The van der Waals surface area contributed by atoms with E-state index >= 15 is 0 Å². The third kappa shape index (κ3) is 4.55. The molecule has 0 unspecified atom stereocenters. The van der Waals surface area contributed by atoms with E-state index in [1.807, 2.05) is 84.9 Å². The first-order chi connectivity index (χ1) is 16.2. The molecule has 5 heteroatoms. The van der Waals surface area contributed by atoms with Gasteiger partial charge in [-0.15, -0.1) is 0 Å². The molecule has 1 saturated carbocycles. The summed E-state index contributed by atoms with van der Waals surface area (Å²) in [5.74, 6) is 0.759. The summed E-state index contributed by atoms with van der Waals surface area (Å²) in [5.41, 5.74) is 3.83. The van der Waals surface area contributed by atoms with Gasteiger partial charge in [-0.1, -0.05) is 78.9 Å². The first kappa shape index (κ1) is 21.4. The average Bonchev–Trinajstić information content (AvgIpc) is 3.38. The van der Waals surface area contributed by atoms with Gasteiger partial charge in [0, 0.05) is 11.1 Å². The lowest BCUT2D eigenvalue weighted by atomic mass is 9.87. The number of thiocarbonyl (C=S) groups is 1. The van der Waals surface area contributed by atoms with Crippen molar-refractivity contribution in [3.63, 3.8) is 0 Å². The minimum atomic E-state index is -0.431. The highest BCUT2D eigenvalue weighted by molar-refractivity contribution is 7.80. The number of rotatable bonds is 6. The number of Topliss-reactive ketones (excluding diaryl/α,β-unsaturated/α-hetero) is 1. The minimum absolute atomic E-state index is 0.0439. The van der Waals surface area contributed by atoms with Crippen molar-refractivity contribution in [1.82, 2.24) is 10.6 Å². The van der Waals surface area contributed by atoms with E-state index in [-0.39, 0.29) is 11.9 Å². The van der Waals surface area contributed by atoms with Crippen LogP contribution in [0, 0.1) is 0 Å². The second-order valence-electron chi connectivity index (χ2n) is 8.44. The SMILES string of the molecule is O=C(C1=C(c2ccccc2)NC(=S)N[C@@H]1c1ccccc1OC1CCCC1)c1ccccc1. The molecule has 1 fully saturated rings. The van der Waals surface area contributed by atoms with Crippen LogP contribution < -0.4 is 15.4 Å². The molecule has 33 heavy (non-hydrogen) atoms. The zero-order valence-corrected chi connectivity index (χ0v) is 19.1. The van der Waals surface area contributed by atoms with Crippen molar-refractivity contribution in [2.24, 2.45) is 0 Å². The number of ketones is 1. The highest BCUT2D eigenvalue weighted by Crippen LogP contribution is 2.38. The Morgan fingerprint density at radius 3 is 2.21 bits per heavy atom. The molecular formula is C28H26N2O2S. The molecule has 0 radical (unpaired) electrons. The van der Waals surface area contributed by atoms with E-state index < -0.39 is 6.04 Å². The van der Waals surface area contributed by atoms with Crippen molar-refractivity contribution in [3.8, 4) is 5.75 Å². The third-order valence-corrected chi connectivity index (χ3v) is 6.46. The summed E-state index contributed by atoms with van der Waals surface area (Å²) in [5, 5.41) is 7.11. The molecule has 1 aliphatic carbocycles. The lowest BCUT2D eigenvalue weighted by molar-refractivity contribution is 0.102. The van der Waals surface area contributed by atoms with Gasteiger partial charge in [0.1, 0.15) is 5.75 Å². The molecule has 3 aromatic rings. The molecule has 2 N–H and O–H groups in total. The maximum atomic E-state index is 13.9. The van der Waals surface area contributed by atoms with Gasteiger partial charge in [-0.05, 0) is 49.5 Å². The fraction of sp³-hybridized carbons (Fsp3) is 0.214. The molecule has 4 nitrogen and oxygen atoms in total. The number of hydrogen-bond acceptors (Lipinski definition) is 3. The summed E-state index contributed by atoms with van der Waals surface area (Å²) in [6.45, 7) is 0. The van der Waals surface area contributed by atoms with Gasteiger partial charge in [-0.3, -0.25) is 4.79 Å². The van der Waals surface area contributed by atoms with Gasteiger partial charge in [-0.2, -0.15) is 0 Å². The standard InChI is InChI=1S/C28H26N2O2S/c31-27(20-13-5-2-6-14-20)24-25(19-11-3-1-4-12-19)29-28(33)30-26(24)22-17-9-10-18-23(22)32-21-15-7-8-16-21/h1-6,9-14,17-18,21,26H,7-8,15-16H2,(H2,29,30,33)/t26-/m1/s1. The van der Waals surface area contributed by atoms with Crippen LogP contribution in [0.3, 0.4) is 0 Å². The van der Waals surface area contributed by atoms with E-state index in [2.05, 4.69) is 10.6 Å². The monoisotopic (exact) mass is 454 g/mol. The number of nitrogens with one attached hydrogen (secondary N) is 2. The first-order valence-electron chi connectivity index (χ1n) is 11.4. The molecule has 1 heterocycles. The van der Waals surface area contributed by atoms with Gasteiger partial charge in [0.15, 0.2) is 10.9 Å². The van der Waals surface area contributed by atoms with Crippen LogP contribution in [0.25, 0.3) is 5.70 Å². The van der Waals surface area contributed by atoms with Crippen LogP contribution in [-0.4, -0.2) is 17.0 Å². The van der Waals surface area contributed by atoms with E-state index in [9.17, 15) is 4.79 Å². The second-order valence-corrected chi connectivity index (χ2v) is 8.85. The first-order valence-corrected chi connectivity index (χ1v) is 11.8. The van der Waals surface area contributed by atoms with Crippen molar-refractivity contribution < 1.29 is 9.53 Å². The predicted octanol–water partition coefficient (Wildman–Crippen LogP) is 5.82. The van der Waals surface area contributed by atoms with Crippen molar-refractivity contribution in [1.29, 1.82) is 0 Å². The highest BCUT2D eigenvalue weighted by atomic mass is 32.1. The van der Waals surface area contributed by atoms with Crippen molar-refractivity contribution >= 4 is 28.8 Å². The van der Waals surface area contributed by atoms with Crippen molar-refractivity contribution in [2.75, 3.05) is 0 Å². The Labute approximate surface area is 199 Å². The molecule has 0 aromatic heterocycles. The summed E-state index contributed by atoms with van der Waals surface area (Å²) in [6, 6.07) is 26.8. The summed E-state index contributed by atoms with van der Waals surface area (Å²) in [6.07, 6.45) is 4.72. The number of para-hydroxylation sites is 1. The summed E-state index contributed by atoms with van der Waals surface area (Å²) in [7, 11) is 0. The molecule has 0 bridgehead atoms. The Morgan fingerprint density at radius 1 is 0.848 bits per heavy atom. The van der Waals surface area contributed by atoms with Crippen LogP contribution in [0.4, 0.5) is 0 Å². The van der Waals surface area contributed by atoms with E-state index in [4.69, 9.17) is 17.0 Å². The van der Waals surface area contributed by atoms with Gasteiger partial charge >= 0.3 is 0 Å². The lowest BCUT2D eigenvalue weighted by Gasteiger charge is -2.33. The average molecular weight is 455 g/mol. The van der Waals surface area contributed by atoms with Crippen LogP contribution in [0.5, 0.6) is 5.75 Å². The van der Waals surface area contributed by atoms with Crippen LogP contribution in [0.1, 0.15) is 53.2 Å². The molecule has 1 aliphatic heterocycles. The normalized spacial score (nSPS) is 18.5. The Balaban J connectivity index is 1.66. The molecule has 166 valence electrons. The number of carbonyl (C=O) groups is 1. The van der Waals surface area contributed by atoms with Gasteiger partial charge in [-0.25, -0.2) is 0 Å². The molecule has 0 saturated heterocycles. The highest BCUT2D eigenvalue weighted by Gasteiger charge is 2.34. The van der Waals surface area contributed by atoms with Gasteiger partial charge in [0.25, 0.3) is 0 Å². The summed E-state index contributed by atoms with van der Waals surface area (Å²) >= 11 is 5.59. The van der Waals surface area contributed by atoms with Crippen LogP contribution in [0.2, 0.25) is 0 Å². The van der Waals surface area contributed by atoms with Crippen molar-refractivity contribution in [3.05, 3.63) is 107 Å². The predicted molar refractivity (Wildman–Crippen MR) is 135 cm³/mol. The number of ether oxygens (including phenoxy) is 1. The number of benzene rings is 3. The Morgan fingerprint density at radius 2 is 1.48 bits per heavy atom. The maximum absolute atomic E-state index is 13.9. The molecular weight excluding hydrogens is 428 g/mol. The molecule has 1 atom stereocenters. The zero-order chi connectivity index (χ0) is 22.6. The quantitative estimate of drug-likeness (QED) is 0.363. The van der Waals surface area contributed by atoms with Crippen LogP contribution >= 0.6 is 12.2 Å². The molecule has 0 amide bonds. The fourth-order valence-electron chi connectivity index (χ4n) is 4.63. The van der Waals surface area contributed by atoms with Gasteiger partial charge in [0.2, 0.25) is 0 Å². The molecule has 2 aliphatic rings. The Bertz CT molecular complexity index is 1180. The Hall–Kier alpha value is -3.44. The molecule has 3 aromatic carbocycles. The topological polar surface area (TPSA) is 50.4 Å². The minimum Gasteiger partial charge on any atom is -0.490 e. The number of hydrogen-bond donors (Lipinski definition) is 2. The summed E-state index contributed by atoms with van der Waals surface area (Å²) < 4.78 is 6.43. The Kier molecular flexibility index (Phi) is 6.22. The van der Waals surface area contributed by atoms with Crippen molar-refractivity contribution in [2.45, 2.75) is 37.8 Å². The number of carbonyl (C=O) groups excluding carboxylic acids is 1. The molecule has 5 rings (SSSR count). The maximum Gasteiger partial charge on any atom is 0.193 e. The molecule has 0 spiro atoms. The zero-order valence-electron chi connectivity index (χ0n) is 18.3. The fourth-order valence-corrected chi connectivity index (χ4v) is 4.85. The third-order valence-electron chi connectivity index (χ3n) is 6.24. The van der Waals surface area contributed by atoms with Crippen LogP contribution in [-0.2, 0) is 0 Å². The van der Waals surface area contributed by atoms with E-state index in [1.54, 1.807) is 0 Å². The lowest BCUT2D eigenvalue weighted by Crippen LogP contribution is -2.45. The summed E-state index contributed by atoms with van der Waals surface area (Å²) in [4.78, 5) is 13.9. The van der Waals surface area contributed by atoms with E-state index in [0.717, 1.165) is 35.4 Å². The van der Waals surface area contributed by atoms with Gasteiger partial charge in [0.05, 0.1) is 23.4 Å². The largest absolute Gasteiger partial charge is 0.490 e. The van der Waals surface area contributed by atoms with E-state index in [0.29, 0.717) is 16.2 Å². The van der Waals surface area contributed by atoms with Gasteiger partial charge < -0.3 is 15.4 Å². The van der Waals surface area contributed by atoms with Crippen LogP contribution in [0.15, 0.2) is 90.5 Å². The van der Waals surface area contributed by atoms with E-state index in [1.165, 1.54) is 12.8 Å². The second kappa shape index (κ2) is 9.59. The smallest absolute Gasteiger partial charge is 0.193 e.